The van der Waals surface area contributed by atoms with Gasteiger partial charge in [0.25, 0.3) is 27.8 Å². The first kappa shape index (κ1) is 67.3. The summed E-state index contributed by atoms with van der Waals surface area (Å²) in [5, 5.41) is 19.2. The standard InChI is InChI=1S/C65H84N8O16S2/c1-4-18-62(3)41-63(45-73-46(2)50(39-66-73)48-12-13-54(68-58(48)60(78)79)71-21-16-47-8-7-9-49(51(47)40-71)59(77)69-61-67-52-10-5-6-11-53(52)90-61)42-64(62)19-20-65(43-63,44-64)89-27-22-70(24-38-91(80,81)82)55(74)17-25-83-28-30-85-32-34-87-36-37-88-35-33-86-31-29-84-26-23-72-56(75)14-15-57(72)76/h5-15,39H,4,16-38,40-45H2,1-3H3,(H,78,79)(H,67,69,77)(H,80,81,82). The normalized spacial score (nSPS) is 21.8. The van der Waals surface area contributed by atoms with Crippen LogP contribution in [0.5, 0.6) is 0 Å². The largest absolute Gasteiger partial charge is 0.476 e. The van der Waals surface area contributed by atoms with Gasteiger partial charge in [0.15, 0.2) is 10.8 Å². The van der Waals surface area contributed by atoms with Crippen molar-refractivity contribution in [2.24, 2.45) is 16.2 Å². The number of imide groups is 1. The first-order valence-electron chi connectivity index (χ1n) is 31.5. The SMILES string of the molecule is CCCC1(C)CC2(Cn3ncc(-c4ccc(N5CCc6cccc(C(=O)Nc7nc8ccccc8s7)c6C5)nc4C(=O)O)c3C)CC3(OCCN(CCS(=O)(=O)O)C(=O)CCOCCOCCOCCOCCOCCOCCN4C(=O)C=CC4=O)CCC1(C2)C3. The van der Waals surface area contributed by atoms with Crippen molar-refractivity contribution in [2.45, 2.75) is 104 Å². The Kier molecular flexibility index (Phi) is 22.2. The molecular formula is C65H84N8O16S2. The molecule has 3 aromatic heterocycles. The van der Waals surface area contributed by atoms with Crippen LogP contribution in [0.4, 0.5) is 10.9 Å². The molecule has 3 fully saturated rings. The van der Waals surface area contributed by atoms with Crippen LogP contribution in [-0.2, 0) is 77.2 Å². The topological polar surface area (TPSA) is 290 Å². The molecule has 24 nitrogen and oxygen atoms in total. The number of carbonyl (C=O) groups is 5. The van der Waals surface area contributed by atoms with E-state index in [9.17, 15) is 42.0 Å². The van der Waals surface area contributed by atoms with E-state index < -0.39 is 27.4 Å². The summed E-state index contributed by atoms with van der Waals surface area (Å²) in [6, 6.07) is 17.1. The van der Waals surface area contributed by atoms with Gasteiger partial charge >= 0.3 is 5.97 Å². The molecular weight excluding hydrogens is 1210 g/mol. The van der Waals surface area contributed by atoms with Crippen molar-refractivity contribution in [1.82, 2.24) is 29.5 Å². The first-order valence-corrected chi connectivity index (χ1v) is 33.9. The third-order valence-corrected chi connectivity index (χ3v) is 20.4. The lowest BCUT2D eigenvalue weighted by atomic mass is 9.62. The van der Waals surface area contributed by atoms with E-state index in [2.05, 4.69) is 24.1 Å². The minimum atomic E-state index is -4.37. The van der Waals surface area contributed by atoms with Gasteiger partial charge in [0.05, 0.1) is 127 Å². The van der Waals surface area contributed by atoms with Crippen LogP contribution in [0.2, 0.25) is 0 Å². The molecule has 2 aliphatic heterocycles. The zero-order valence-corrected chi connectivity index (χ0v) is 53.8. The van der Waals surface area contributed by atoms with E-state index in [1.807, 2.05) is 65.0 Å². The molecule has 5 aromatic rings. The fraction of sp³-hybridized carbons (Fsp3) is 0.569. The lowest BCUT2D eigenvalue weighted by molar-refractivity contribution is -0.138. The van der Waals surface area contributed by atoms with Gasteiger partial charge in [-0.2, -0.15) is 13.5 Å². The smallest absolute Gasteiger partial charge is 0.355 e. The second kappa shape index (κ2) is 30.0. The molecule has 1 spiro atoms. The van der Waals surface area contributed by atoms with Crippen molar-refractivity contribution < 1.29 is 75.2 Å². The Bertz CT molecular complexity index is 3510. The van der Waals surface area contributed by atoms with E-state index in [1.54, 1.807) is 12.3 Å². The fourth-order valence-electron chi connectivity index (χ4n) is 14.7. The van der Waals surface area contributed by atoms with E-state index in [0.29, 0.717) is 107 Å². The highest BCUT2D eigenvalue weighted by atomic mass is 32.2. The highest BCUT2D eigenvalue weighted by Gasteiger charge is 2.71. The first-order chi connectivity index (χ1) is 43.8. The zero-order valence-electron chi connectivity index (χ0n) is 52.2. The van der Waals surface area contributed by atoms with Crippen molar-refractivity contribution in [3.8, 4) is 11.1 Å². The quantitative estimate of drug-likeness (QED) is 0.0198. The number of aromatic nitrogens is 4. The molecule has 0 saturated heterocycles. The number of carbonyl (C=O) groups excluding carboxylic acids is 4. The van der Waals surface area contributed by atoms with Crippen LogP contribution in [0.25, 0.3) is 21.3 Å². The third-order valence-electron chi connectivity index (χ3n) is 18.7. The third kappa shape index (κ3) is 16.4. The van der Waals surface area contributed by atoms with Gasteiger partial charge in [0.1, 0.15) is 5.82 Å². The number of carboxylic acid groups (broad SMARTS) is 1. The zero-order chi connectivity index (χ0) is 64.2. The van der Waals surface area contributed by atoms with Gasteiger partial charge in [0, 0.05) is 67.3 Å². The number of aromatic carboxylic acids is 1. The van der Waals surface area contributed by atoms with Gasteiger partial charge in [-0.1, -0.05) is 55.9 Å². The number of amides is 4. The molecule has 4 unspecified atom stereocenters. The Morgan fingerprint density at radius 2 is 1.45 bits per heavy atom. The maximum atomic E-state index is 13.8. The van der Waals surface area contributed by atoms with Gasteiger partial charge < -0.3 is 48.1 Å². The van der Waals surface area contributed by atoms with Gasteiger partial charge in [-0.15, -0.1) is 0 Å². The summed E-state index contributed by atoms with van der Waals surface area (Å²) in [7, 11) is -4.37. The summed E-state index contributed by atoms with van der Waals surface area (Å²) >= 11 is 1.41. The van der Waals surface area contributed by atoms with Gasteiger partial charge in [-0.05, 0) is 116 Å². The Hall–Kier alpha value is -6.59. The minimum absolute atomic E-state index is 0.00804. The number of thiazole rings is 1. The monoisotopic (exact) mass is 1300 g/mol. The van der Waals surface area contributed by atoms with E-state index in [4.69, 9.17) is 43.2 Å². The molecule has 5 aliphatic rings. The minimum Gasteiger partial charge on any atom is -0.476 e. The molecule has 3 bridgehead atoms. The van der Waals surface area contributed by atoms with E-state index in [-0.39, 0.29) is 105 Å². The van der Waals surface area contributed by atoms with Gasteiger partial charge in [-0.25, -0.2) is 14.8 Å². The number of benzene rings is 2. The number of fused-ring (bicyclic) bond motifs is 4. The molecule has 10 rings (SSSR count). The summed E-state index contributed by atoms with van der Waals surface area (Å²) in [6.07, 6.45) is 12.4. The molecule has 0 radical (unpaired) electrons. The number of nitrogens with one attached hydrogen (secondary N) is 1. The summed E-state index contributed by atoms with van der Waals surface area (Å²) in [5.41, 5.74) is 4.48. The number of hydrogen-bond donors (Lipinski definition) is 3. The second-order valence-corrected chi connectivity index (χ2v) is 27.4. The highest BCUT2D eigenvalue weighted by molar-refractivity contribution is 7.85. The van der Waals surface area contributed by atoms with Crippen molar-refractivity contribution in [2.75, 3.05) is 128 Å². The van der Waals surface area contributed by atoms with Crippen molar-refractivity contribution in [3.63, 3.8) is 0 Å². The van der Waals surface area contributed by atoms with Gasteiger partial charge in [0.2, 0.25) is 5.91 Å². The van der Waals surface area contributed by atoms with Crippen LogP contribution in [0.15, 0.2) is 72.9 Å². The number of hydrogen-bond acceptors (Lipinski definition) is 19. The Morgan fingerprint density at radius 1 is 0.769 bits per heavy atom. The van der Waals surface area contributed by atoms with Crippen LogP contribution in [0, 0.1) is 23.2 Å². The van der Waals surface area contributed by atoms with E-state index in [0.717, 1.165) is 83.3 Å². The maximum Gasteiger partial charge on any atom is 0.355 e. The molecule has 3 aliphatic carbocycles. The number of pyridine rings is 1. The summed E-state index contributed by atoms with van der Waals surface area (Å²) in [4.78, 5) is 77.7. The second-order valence-electron chi connectivity index (χ2n) is 24.8. The van der Waals surface area contributed by atoms with Crippen LogP contribution < -0.4 is 10.2 Å². The van der Waals surface area contributed by atoms with Crippen molar-refractivity contribution in [3.05, 3.63) is 101 Å². The van der Waals surface area contributed by atoms with Crippen LogP contribution in [0.1, 0.15) is 109 Å². The van der Waals surface area contributed by atoms with Crippen molar-refractivity contribution >= 4 is 72.2 Å². The lowest BCUT2D eigenvalue weighted by Gasteiger charge is -2.46. The molecule has 4 amide bonds. The highest BCUT2D eigenvalue weighted by Crippen LogP contribution is 2.77. The number of anilines is 2. The van der Waals surface area contributed by atoms with E-state index >= 15 is 0 Å². The molecule has 91 heavy (non-hydrogen) atoms. The fourth-order valence-corrected chi connectivity index (χ4v) is 16.0. The summed E-state index contributed by atoms with van der Waals surface area (Å²) in [5.74, 6) is -2.54. The van der Waals surface area contributed by atoms with Crippen LogP contribution in [0.3, 0.4) is 0 Å². The number of rotatable bonds is 37. The maximum absolute atomic E-state index is 13.8. The predicted octanol–water partition coefficient (Wildman–Crippen LogP) is 7.42. The molecule has 5 heterocycles. The van der Waals surface area contributed by atoms with Crippen molar-refractivity contribution in [1.29, 1.82) is 0 Å². The Morgan fingerprint density at radius 3 is 2.12 bits per heavy atom. The number of nitrogens with zero attached hydrogens (tertiary/aromatic N) is 7. The molecule has 4 atom stereocenters. The summed E-state index contributed by atoms with van der Waals surface area (Å²) in [6.45, 7) is 12.2. The summed E-state index contributed by atoms with van der Waals surface area (Å²) < 4.78 is 76.9. The number of carboxylic acids is 1. The predicted molar refractivity (Wildman–Crippen MR) is 339 cm³/mol. The lowest BCUT2D eigenvalue weighted by Crippen LogP contribution is -2.45. The molecule has 3 saturated carbocycles. The molecule has 492 valence electrons. The van der Waals surface area contributed by atoms with Crippen LogP contribution >= 0.6 is 11.3 Å². The van der Waals surface area contributed by atoms with Crippen LogP contribution in [-0.4, -0.2) is 201 Å². The number of para-hydroxylation sites is 1. The number of ether oxygens (including phenoxy) is 7. The molecule has 2 aromatic carbocycles. The average molecular weight is 1300 g/mol. The Labute approximate surface area is 534 Å². The van der Waals surface area contributed by atoms with E-state index in [1.165, 1.54) is 28.4 Å². The molecule has 26 heteroatoms. The molecule has 3 N–H and O–H groups in total. The average Bonchev–Trinajstić information content (AvgIpc) is 1.52. The van der Waals surface area contributed by atoms with Gasteiger partial charge in [-0.3, -0.25) is 38.6 Å². The Balaban J connectivity index is 0.685.